The van der Waals surface area contributed by atoms with Crippen molar-refractivity contribution in [2.24, 2.45) is 17.3 Å². The van der Waals surface area contributed by atoms with Gasteiger partial charge in [0.05, 0.1) is 34.8 Å². The number of likely N-dealkylation sites (N-methyl/N-ethyl adjacent to an activating group) is 1. The van der Waals surface area contributed by atoms with Crippen LogP contribution in [0.5, 0.6) is 0 Å². The van der Waals surface area contributed by atoms with Crippen molar-refractivity contribution in [3.8, 4) is 22.5 Å². The summed E-state index contributed by atoms with van der Waals surface area (Å²) in [5.41, 5.74) is 9.29. The zero-order chi connectivity index (χ0) is 47.9. The van der Waals surface area contributed by atoms with E-state index >= 15 is 0 Å². The highest BCUT2D eigenvalue weighted by molar-refractivity contribution is 7.10. The Labute approximate surface area is 397 Å². The fraction of sp³-hybridized carbons (Fsp3) is 0.540. The molecule has 4 aliphatic heterocycles. The molecule has 0 saturated carbocycles. The molecule has 6 bridgehead atoms. The maximum Gasteiger partial charge on any atom is 0.324 e. The van der Waals surface area contributed by atoms with Crippen LogP contribution in [0.25, 0.3) is 33.4 Å². The Kier molecular flexibility index (Phi) is 13.9. The Morgan fingerprint density at radius 1 is 1.13 bits per heavy atom. The molecule has 7 heterocycles. The second-order valence-corrected chi connectivity index (χ2v) is 20.6. The number of ether oxygens (including phenoxy) is 2. The standard InChI is InChI=1S/C50H65N9O7S/c1-10-42(60)56-21-18-39-32(25-56)26-58(39)49(64)55(8)44(29(3)4)46(61)53-37-23-41-52-38(27-67-41)31-16-17-40-34(22-31)35(45(57(40)11-2)33-14-12-19-51-43(33)30(5)65-9)24-50(6,7)28-66-48(63)36-15-13-20-59(54-36)47(37)62/h10,12,14,16-17,19,22,27,29-30,32,36-37,39,44,54H,1,11,13,15,18,20-21,23-26,28H2,2-9H3,(H,53,61)/t30-,32+,36-,37-,39+,44?/m0/s1. The molecule has 5 amide bonds. The predicted octanol–water partition coefficient (Wildman–Crippen LogP) is 6.00. The van der Waals surface area contributed by atoms with Crippen molar-refractivity contribution in [2.45, 2.75) is 110 Å². The first-order chi connectivity index (χ1) is 32.0. The zero-order valence-electron chi connectivity index (χ0n) is 40.0. The van der Waals surface area contributed by atoms with Crippen molar-refractivity contribution < 1.29 is 33.4 Å². The lowest BCUT2D eigenvalue weighted by Crippen LogP contribution is -2.68. The quantitative estimate of drug-likeness (QED) is 0.150. The number of likely N-dealkylation sites (tertiary alicyclic amines) is 2. The Balaban J connectivity index is 1.13. The topological polar surface area (TPSA) is 172 Å². The molecule has 3 fully saturated rings. The third kappa shape index (κ3) is 9.46. The number of carbonyl (C=O) groups excluding carboxylic acids is 5. The largest absolute Gasteiger partial charge is 0.464 e. The van der Waals surface area contributed by atoms with Crippen molar-refractivity contribution in [2.75, 3.05) is 46.9 Å². The molecule has 3 saturated heterocycles. The van der Waals surface area contributed by atoms with Crippen LogP contribution >= 0.6 is 11.3 Å². The number of piperidine rings is 1. The molecule has 1 unspecified atom stereocenters. The lowest BCUT2D eigenvalue weighted by molar-refractivity contribution is -0.155. The number of aromatic nitrogens is 3. The van der Waals surface area contributed by atoms with E-state index in [0.29, 0.717) is 63.4 Å². The first kappa shape index (κ1) is 47.8. The number of amides is 5. The first-order valence-electron chi connectivity index (χ1n) is 23.6. The normalized spacial score (nSPS) is 22.9. The number of methoxy groups -OCH3 is 1. The number of cyclic esters (lactones) is 1. The molecule has 3 aromatic heterocycles. The number of esters is 1. The summed E-state index contributed by atoms with van der Waals surface area (Å²) in [6, 6.07) is 7.37. The summed E-state index contributed by atoms with van der Waals surface area (Å²) in [5, 5.41) is 8.16. The molecule has 6 atom stereocenters. The summed E-state index contributed by atoms with van der Waals surface area (Å²) in [6.07, 6.45) is 5.18. The second-order valence-electron chi connectivity index (χ2n) is 19.6. The Hall–Kier alpha value is -5.65. The number of aryl methyl sites for hydroxylation is 1. The van der Waals surface area contributed by atoms with Crippen LogP contribution in [0.15, 0.2) is 54.6 Å². The number of hydrazine groups is 1. The van der Waals surface area contributed by atoms with Crippen molar-refractivity contribution in [3.05, 3.63) is 70.8 Å². The molecular weight excluding hydrogens is 871 g/mol. The third-order valence-corrected chi connectivity index (χ3v) is 14.9. The van der Waals surface area contributed by atoms with E-state index in [1.54, 1.807) is 30.2 Å². The summed E-state index contributed by atoms with van der Waals surface area (Å²) >= 11 is 1.41. The molecule has 1 aromatic carbocycles. The molecule has 4 aliphatic rings. The summed E-state index contributed by atoms with van der Waals surface area (Å²) in [7, 11) is 3.32. The van der Waals surface area contributed by atoms with E-state index < -0.39 is 41.3 Å². The average Bonchev–Trinajstić information content (AvgIpc) is 3.91. The Bertz CT molecular complexity index is 2550. The van der Waals surface area contributed by atoms with Crippen LogP contribution in [0, 0.1) is 17.3 Å². The lowest BCUT2D eigenvalue weighted by atomic mass is 9.82. The number of nitrogens with zero attached hydrogens (tertiary/aromatic N) is 7. The van der Waals surface area contributed by atoms with Gasteiger partial charge >= 0.3 is 12.0 Å². The predicted molar refractivity (Wildman–Crippen MR) is 256 cm³/mol. The van der Waals surface area contributed by atoms with Crippen LogP contribution < -0.4 is 10.7 Å². The van der Waals surface area contributed by atoms with Gasteiger partial charge in [0.1, 0.15) is 18.1 Å². The van der Waals surface area contributed by atoms with Crippen LogP contribution in [0.3, 0.4) is 0 Å². The highest BCUT2D eigenvalue weighted by atomic mass is 32.1. The highest BCUT2D eigenvalue weighted by Gasteiger charge is 2.48. The fourth-order valence-electron chi connectivity index (χ4n) is 10.5. The van der Waals surface area contributed by atoms with E-state index in [2.05, 4.69) is 66.9 Å². The molecule has 2 N–H and O–H groups in total. The van der Waals surface area contributed by atoms with E-state index in [4.69, 9.17) is 19.4 Å². The number of fused-ring (bicyclic) bond motifs is 7. The molecule has 67 heavy (non-hydrogen) atoms. The molecular formula is C50H65N9O7S. The zero-order valence-corrected chi connectivity index (χ0v) is 40.9. The fourth-order valence-corrected chi connectivity index (χ4v) is 11.3. The maximum atomic E-state index is 14.7. The molecule has 0 radical (unpaired) electrons. The second kappa shape index (κ2) is 19.5. The van der Waals surface area contributed by atoms with E-state index in [1.165, 1.54) is 27.3 Å². The van der Waals surface area contributed by atoms with Gasteiger partial charge in [-0.2, -0.15) is 0 Å². The van der Waals surface area contributed by atoms with E-state index in [-0.39, 0.29) is 48.9 Å². The summed E-state index contributed by atoms with van der Waals surface area (Å²) < 4.78 is 14.3. The minimum atomic E-state index is -1.07. The summed E-state index contributed by atoms with van der Waals surface area (Å²) in [6.45, 7) is 18.4. The Morgan fingerprint density at radius 3 is 2.64 bits per heavy atom. The monoisotopic (exact) mass is 935 g/mol. The third-order valence-electron chi connectivity index (χ3n) is 14.0. The molecule has 8 rings (SSSR count). The van der Waals surface area contributed by atoms with Gasteiger partial charge in [0.2, 0.25) is 11.8 Å². The van der Waals surface area contributed by atoms with Gasteiger partial charge in [0, 0.05) is 104 Å². The van der Waals surface area contributed by atoms with Crippen molar-refractivity contribution in [1.29, 1.82) is 0 Å². The van der Waals surface area contributed by atoms with Crippen LogP contribution in [0.1, 0.15) is 83.2 Å². The minimum absolute atomic E-state index is 0.0299. The van der Waals surface area contributed by atoms with Gasteiger partial charge in [-0.1, -0.05) is 40.3 Å². The number of thiazole rings is 1. The van der Waals surface area contributed by atoms with Crippen molar-refractivity contribution in [3.63, 3.8) is 0 Å². The lowest BCUT2D eigenvalue weighted by Gasteiger charge is -2.54. The number of hydrogen-bond acceptors (Lipinski definition) is 11. The average molecular weight is 936 g/mol. The Morgan fingerprint density at radius 2 is 1.93 bits per heavy atom. The van der Waals surface area contributed by atoms with Crippen LogP contribution in [0.2, 0.25) is 0 Å². The number of urea groups is 1. The number of pyridine rings is 1. The van der Waals surface area contributed by atoms with Gasteiger partial charge in [0.15, 0.2) is 0 Å². The van der Waals surface area contributed by atoms with Gasteiger partial charge in [-0.05, 0) is 81.4 Å². The van der Waals surface area contributed by atoms with Crippen LogP contribution in [0.4, 0.5) is 4.79 Å². The molecule has 16 nitrogen and oxygen atoms in total. The number of rotatable bonds is 9. The molecule has 0 spiro atoms. The number of carbonyl (C=O) groups is 5. The van der Waals surface area contributed by atoms with Crippen LogP contribution in [-0.4, -0.2) is 135 Å². The number of nitrogens with one attached hydrogen (secondary N) is 2. The number of benzene rings is 1. The molecule has 4 aromatic rings. The van der Waals surface area contributed by atoms with Gasteiger partial charge in [-0.25, -0.2) is 15.2 Å². The van der Waals surface area contributed by atoms with E-state index in [0.717, 1.165) is 44.7 Å². The molecule has 358 valence electrons. The first-order valence-corrected chi connectivity index (χ1v) is 24.5. The van der Waals surface area contributed by atoms with Gasteiger partial charge in [-0.3, -0.25) is 29.2 Å². The van der Waals surface area contributed by atoms with Gasteiger partial charge in [-0.15, -0.1) is 11.3 Å². The smallest absolute Gasteiger partial charge is 0.324 e. The molecule has 17 heteroatoms. The summed E-state index contributed by atoms with van der Waals surface area (Å²) in [5.74, 6) is -1.59. The molecule has 0 aliphatic carbocycles. The van der Waals surface area contributed by atoms with E-state index in [9.17, 15) is 24.0 Å². The van der Waals surface area contributed by atoms with Crippen molar-refractivity contribution in [1.82, 2.24) is 45.0 Å². The SMILES string of the molecule is C=CC(=O)N1CC[C@@H]2[C@H](C1)CN2C(=O)N(C)C(C(=O)N[C@H]1Cc2nc(cs2)-c2ccc3c(c2)c(c(-c2cccnc2[C@H](C)OC)n3CC)CC(C)(C)COC(=O)[C@@H]2CCCN(N2)C1=O)C(C)C. The van der Waals surface area contributed by atoms with Crippen molar-refractivity contribution >= 4 is 52.0 Å². The number of hydrogen-bond donors (Lipinski definition) is 2. The van der Waals surface area contributed by atoms with E-state index in [1.807, 2.05) is 32.2 Å². The minimum Gasteiger partial charge on any atom is -0.464 e. The van der Waals surface area contributed by atoms with Crippen LogP contribution in [-0.2, 0) is 48.0 Å². The maximum absolute atomic E-state index is 14.7. The van der Waals surface area contributed by atoms with Gasteiger partial charge < -0.3 is 34.1 Å². The highest BCUT2D eigenvalue weighted by Crippen LogP contribution is 2.42. The summed E-state index contributed by atoms with van der Waals surface area (Å²) in [4.78, 5) is 84.4. The van der Waals surface area contributed by atoms with Gasteiger partial charge in [0.25, 0.3) is 5.91 Å².